The maximum absolute atomic E-state index is 10.0. The second-order valence-corrected chi connectivity index (χ2v) is 5.39. The average Bonchev–Trinajstić information content (AvgIpc) is 2.25. The number of hydrogen-bond donors (Lipinski definition) is 2. The predicted octanol–water partition coefficient (Wildman–Crippen LogP) is 2.19. The molecule has 0 aromatic heterocycles. The summed E-state index contributed by atoms with van der Waals surface area (Å²) in [4.78, 5) is 2.02. The van der Waals surface area contributed by atoms with Gasteiger partial charge in [-0.05, 0) is 38.1 Å². The van der Waals surface area contributed by atoms with Gasteiger partial charge in [-0.15, -0.1) is 0 Å². The van der Waals surface area contributed by atoms with Gasteiger partial charge in [0.05, 0.1) is 12.2 Å². The summed E-state index contributed by atoms with van der Waals surface area (Å²) in [6.07, 6.45) is -0.119. The minimum Gasteiger partial charge on any atom is -0.392 e. The Hall–Kier alpha value is -0.420. The largest absolute Gasteiger partial charge is 0.392 e. The Bertz CT molecular complexity index is 344. The third-order valence-electron chi connectivity index (χ3n) is 2.59. The Morgan fingerprint density at radius 1 is 1.35 bits per heavy atom. The van der Waals surface area contributed by atoms with E-state index in [1.807, 2.05) is 36.2 Å². The molecular formula is C13H20BrNO2. The maximum Gasteiger partial charge on any atom is 0.0802 e. The zero-order valence-electron chi connectivity index (χ0n) is 10.3. The zero-order chi connectivity index (χ0) is 12.8. The Labute approximate surface area is 111 Å². The highest BCUT2D eigenvalue weighted by Gasteiger charge is 2.10. The van der Waals surface area contributed by atoms with Crippen molar-refractivity contribution in [3.05, 3.63) is 34.3 Å². The molecule has 2 atom stereocenters. The van der Waals surface area contributed by atoms with E-state index in [9.17, 15) is 10.2 Å². The minimum absolute atomic E-state index is 0.331. The van der Waals surface area contributed by atoms with Gasteiger partial charge >= 0.3 is 0 Å². The van der Waals surface area contributed by atoms with Gasteiger partial charge in [0.15, 0.2) is 0 Å². The van der Waals surface area contributed by atoms with E-state index in [2.05, 4.69) is 15.9 Å². The minimum atomic E-state index is -0.455. The molecule has 0 amide bonds. The number of halogens is 1. The summed E-state index contributed by atoms with van der Waals surface area (Å²) in [5.74, 6) is 0. The number of benzene rings is 1. The predicted molar refractivity (Wildman–Crippen MR) is 72.9 cm³/mol. The fourth-order valence-electron chi connectivity index (χ4n) is 1.77. The molecule has 96 valence electrons. The Kier molecular flexibility index (Phi) is 6.12. The molecule has 2 unspecified atom stereocenters. The third kappa shape index (κ3) is 5.64. The van der Waals surface area contributed by atoms with Crippen LogP contribution in [0.1, 0.15) is 25.0 Å². The molecule has 0 radical (unpaired) electrons. The summed E-state index contributed by atoms with van der Waals surface area (Å²) in [5, 5.41) is 19.2. The molecule has 0 heterocycles. The molecule has 17 heavy (non-hydrogen) atoms. The highest BCUT2D eigenvalue weighted by Crippen LogP contribution is 2.20. The van der Waals surface area contributed by atoms with Crippen molar-refractivity contribution < 1.29 is 10.2 Å². The van der Waals surface area contributed by atoms with Gasteiger partial charge < -0.3 is 15.1 Å². The van der Waals surface area contributed by atoms with Crippen molar-refractivity contribution in [2.45, 2.75) is 25.6 Å². The van der Waals surface area contributed by atoms with E-state index in [0.29, 0.717) is 13.0 Å². The number of aliphatic hydroxyl groups excluding tert-OH is 2. The van der Waals surface area contributed by atoms with Crippen molar-refractivity contribution in [2.75, 3.05) is 20.1 Å². The first kappa shape index (κ1) is 14.6. The van der Waals surface area contributed by atoms with Crippen LogP contribution in [0.2, 0.25) is 0 Å². The second-order valence-electron chi connectivity index (χ2n) is 4.47. The van der Waals surface area contributed by atoms with Crippen molar-refractivity contribution >= 4 is 15.9 Å². The second kappa shape index (κ2) is 7.11. The maximum atomic E-state index is 10.0. The first-order chi connectivity index (χ1) is 7.99. The SMILES string of the molecule is CC(O)CN(C)CCC(O)c1cccc(Br)c1. The van der Waals surface area contributed by atoms with Gasteiger partial charge in [-0.3, -0.25) is 0 Å². The molecule has 0 spiro atoms. The van der Waals surface area contributed by atoms with Gasteiger partial charge in [0, 0.05) is 17.6 Å². The summed E-state index contributed by atoms with van der Waals surface area (Å²) in [6.45, 7) is 3.16. The van der Waals surface area contributed by atoms with Crippen molar-refractivity contribution in [3.8, 4) is 0 Å². The van der Waals surface area contributed by atoms with Gasteiger partial charge in [0.2, 0.25) is 0 Å². The lowest BCUT2D eigenvalue weighted by Crippen LogP contribution is -2.28. The molecule has 3 nitrogen and oxygen atoms in total. The van der Waals surface area contributed by atoms with Crippen molar-refractivity contribution in [1.82, 2.24) is 4.90 Å². The smallest absolute Gasteiger partial charge is 0.0802 e. The van der Waals surface area contributed by atoms with Crippen LogP contribution < -0.4 is 0 Å². The summed E-state index contributed by atoms with van der Waals surface area (Å²) in [5.41, 5.74) is 0.921. The van der Waals surface area contributed by atoms with E-state index in [1.165, 1.54) is 0 Å². The van der Waals surface area contributed by atoms with Crippen LogP contribution >= 0.6 is 15.9 Å². The van der Waals surface area contributed by atoms with E-state index in [-0.39, 0.29) is 6.10 Å². The molecule has 0 aliphatic rings. The lowest BCUT2D eigenvalue weighted by Gasteiger charge is -2.20. The topological polar surface area (TPSA) is 43.7 Å². The monoisotopic (exact) mass is 301 g/mol. The van der Waals surface area contributed by atoms with E-state index >= 15 is 0 Å². The van der Waals surface area contributed by atoms with Crippen LogP contribution in [0.3, 0.4) is 0 Å². The molecule has 2 N–H and O–H groups in total. The van der Waals surface area contributed by atoms with Gasteiger partial charge in [-0.2, -0.15) is 0 Å². The first-order valence-electron chi connectivity index (χ1n) is 5.79. The standard InChI is InChI=1S/C13H20BrNO2/c1-10(16)9-15(2)7-6-13(17)11-4-3-5-12(14)8-11/h3-5,8,10,13,16-17H,6-7,9H2,1-2H3. The molecule has 1 rings (SSSR count). The Morgan fingerprint density at radius 3 is 2.65 bits per heavy atom. The van der Waals surface area contributed by atoms with Gasteiger partial charge in [-0.1, -0.05) is 28.1 Å². The van der Waals surface area contributed by atoms with Crippen molar-refractivity contribution in [2.24, 2.45) is 0 Å². The van der Waals surface area contributed by atoms with E-state index in [0.717, 1.165) is 16.6 Å². The molecule has 1 aromatic rings. The highest BCUT2D eigenvalue weighted by molar-refractivity contribution is 9.10. The van der Waals surface area contributed by atoms with Crippen LogP contribution in [0, 0.1) is 0 Å². The van der Waals surface area contributed by atoms with Crippen molar-refractivity contribution in [1.29, 1.82) is 0 Å². The van der Waals surface area contributed by atoms with Crippen LogP contribution in [0.5, 0.6) is 0 Å². The Balaban J connectivity index is 2.42. The quantitative estimate of drug-likeness (QED) is 0.846. The molecule has 0 fully saturated rings. The first-order valence-corrected chi connectivity index (χ1v) is 6.58. The molecule has 0 saturated heterocycles. The number of likely N-dealkylation sites (N-methyl/N-ethyl adjacent to an activating group) is 1. The van der Waals surface area contributed by atoms with Gasteiger partial charge in [0.25, 0.3) is 0 Å². The molecule has 0 aliphatic heterocycles. The summed E-state index contributed by atoms with van der Waals surface area (Å²) >= 11 is 3.39. The van der Waals surface area contributed by atoms with Gasteiger partial charge in [0.1, 0.15) is 0 Å². The normalized spacial score (nSPS) is 14.9. The van der Waals surface area contributed by atoms with Crippen LogP contribution in [-0.2, 0) is 0 Å². The van der Waals surface area contributed by atoms with Gasteiger partial charge in [-0.25, -0.2) is 0 Å². The number of hydrogen-bond acceptors (Lipinski definition) is 3. The molecule has 0 bridgehead atoms. The summed E-state index contributed by atoms with van der Waals surface area (Å²) in [7, 11) is 1.94. The molecular weight excluding hydrogens is 282 g/mol. The molecule has 4 heteroatoms. The van der Waals surface area contributed by atoms with E-state index < -0.39 is 6.10 Å². The molecule has 0 saturated carbocycles. The summed E-state index contributed by atoms with van der Waals surface area (Å²) in [6, 6.07) is 7.71. The number of nitrogens with zero attached hydrogens (tertiary/aromatic N) is 1. The lowest BCUT2D eigenvalue weighted by molar-refractivity contribution is 0.116. The van der Waals surface area contributed by atoms with Crippen LogP contribution in [0.15, 0.2) is 28.7 Å². The van der Waals surface area contributed by atoms with E-state index in [1.54, 1.807) is 6.92 Å². The van der Waals surface area contributed by atoms with E-state index in [4.69, 9.17) is 0 Å². The third-order valence-corrected chi connectivity index (χ3v) is 3.09. The lowest BCUT2D eigenvalue weighted by atomic mass is 10.1. The van der Waals surface area contributed by atoms with Crippen molar-refractivity contribution in [3.63, 3.8) is 0 Å². The number of rotatable bonds is 6. The zero-order valence-corrected chi connectivity index (χ0v) is 11.9. The average molecular weight is 302 g/mol. The molecule has 0 aliphatic carbocycles. The van der Waals surface area contributed by atoms with Crippen LogP contribution in [-0.4, -0.2) is 41.4 Å². The number of aliphatic hydroxyl groups is 2. The molecule has 1 aromatic carbocycles. The summed E-state index contributed by atoms with van der Waals surface area (Å²) < 4.78 is 0.978. The Morgan fingerprint density at radius 2 is 2.06 bits per heavy atom. The fourth-order valence-corrected chi connectivity index (χ4v) is 2.18. The van der Waals surface area contributed by atoms with Crippen LogP contribution in [0.25, 0.3) is 0 Å². The highest BCUT2D eigenvalue weighted by atomic mass is 79.9. The van der Waals surface area contributed by atoms with Crippen LogP contribution in [0.4, 0.5) is 0 Å². The fraction of sp³-hybridized carbons (Fsp3) is 0.538.